The van der Waals surface area contributed by atoms with Crippen LogP contribution in [0.1, 0.15) is 66.2 Å². The summed E-state index contributed by atoms with van der Waals surface area (Å²) in [7, 11) is 0. The van der Waals surface area contributed by atoms with E-state index in [1.807, 2.05) is 42.5 Å². The molecule has 12 heteroatoms. The number of anilines is 1. The topological polar surface area (TPSA) is 115 Å². The number of allylic oxidation sites excluding steroid dienone is 5. The van der Waals surface area contributed by atoms with Gasteiger partial charge in [0.25, 0.3) is 11.8 Å². The number of rotatable bonds is 15. The summed E-state index contributed by atoms with van der Waals surface area (Å²) < 4.78 is 35.3. The zero-order valence-corrected chi connectivity index (χ0v) is 31.1. The van der Waals surface area contributed by atoms with Gasteiger partial charge in [-0.25, -0.2) is 13.8 Å². The van der Waals surface area contributed by atoms with Gasteiger partial charge in [-0.1, -0.05) is 68.6 Å². The first-order chi connectivity index (χ1) is 26.4. The highest BCUT2D eigenvalue weighted by molar-refractivity contribution is 6.05. The molecule has 2 N–H and O–H groups in total. The number of carbonyl (C=O) groups excluding carboxylic acids is 3. The molecular weight excluding hydrogens is 704 g/mol. The molecule has 0 spiro atoms. The number of nitrogens with zero attached hydrogens (tertiary/aromatic N) is 4. The number of imide groups is 1. The van der Waals surface area contributed by atoms with Gasteiger partial charge < -0.3 is 19.6 Å². The lowest BCUT2D eigenvalue weighted by Crippen LogP contribution is -2.52. The summed E-state index contributed by atoms with van der Waals surface area (Å²) in [6, 6.07) is 19.7. The molecule has 288 valence electrons. The van der Waals surface area contributed by atoms with E-state index in [0.717, 1.165) is 34.5 Å². The third-order valence-electron chi connectivity index (χ3n) is 10.3. The Kier molecular flexibility index (Phi) is 12.2. The normalized spacial score (nSPS) is 18.3. The van der Waals surface area contributed by atoms with E-state index in [0.29, 0.717) is 62.4 Å². The zero-order valence-electron chi connectivity index (χ0n) is 31.1. The summed E-state index contributed by atoms with van der Waals surface area (Å²) in [6.07, 6.45) is 4.44. The van der Waals surface area contributed by atoms with Crippen LogP contribution in [0.25, 0.3) is 11.1 Å². The predicted molar refractivity (Wildman–Crippen MR) is 208 cm³/mol. The van der Waals surface area contributed by atoms with E-state index < -0.39 is 24.5 Å². The zero-order chi connectivity index (χ0) is 39.1. The lowest BCUT2D eigenvalue weighted by Gasteiger charge is -2.35. The molecule has 4 heterocycles. The molecule has 1 unspecified atom stereocenters. The maximum atomic E-state index is 14.9. The lowest BCUT2D eigenvalue weighted by atomic mass is 9.88. The number of piperazine rings is 1. The minimum atomic E-state index is -3.04. The second-order valence-corrected chi connectivity index (χ2v) is 14.1. The van der Waals surface area contributed by atoms with Gasteiger partial charge in [0.2, 0.25) is 11.8 Å². The highest BCUT2D eigenvalue weighted by Crippen LogP contribution is 2.35. The Bertz CT molecular complexity index is 1990. The van der Waals surface area contributed by atoms with Gasteiger partial charge in [0.1, 0.15) is 23.4 Å². The van der Waals surface area contributed by atoms with E-state index in [9.17, 15) is 28.3 Å². The third kappa shape index (κ3) is 9.55. The highest BCUT2D eigenvalue weighted by Gasteiger charge is 2.40. The molecule has 6 rings (SSSR count). The Hall–Kier alpha value is -5.62. The number of aromatic nitrogens is 1. The average molecular weight is 752 g/mol. The molecule has 2 fully saturated rings. The van der Waals surface area contributed by atoms with Crippen molar-refractivity contribution >= 4 is 34.7 Å². The van der Waals surface area contributed by atoms with Gasteiger partial charge in [0, 0.05) is 39.0 Å². The van der Waals surface area contributed by atoms with Gasteiger partial charge in [0.05, 0.1) is 17.8 Å². The van der Waals surface area contributed by atoms with Gasteiger partial charge in [-0.3, -0.25) is 24.6 Å². The molecular formula is C43H47F2N5O5. The molecule has 3 aromatic rings. The van der Waals surface area contributed by atoms with E-state index in [4.69, 9.17) is 9.72 Å². The highest BCUT2D eigenvalue weighted by atomic mass is 19.3. The number of aromatic hydroxyl groups is 1. The van der Waals surface area contributed by atoms with Crippen LogP contribution in [0.15, 0.2) is 103 Å². The number of phenols is 1. The first kappa shape index (κ1) is 39.1. The molecule has 0 aliphatic carbocycles. The Labute approximate surface area is 320 Å². The molecule has 3 aliphatic rings. The van der Waals surface area contributed by atoms with Gasteiger partial charge in [-0.2, -0.15) is 0 Å². The summed E-state index contributed by atoms with van der Waals surface area (Å²) in [5.41, 5.74) is 5.55. The molecule has 10 nitrogen and oxygen atoms in total. The Morgan fingerprint density at radius 2 is 1.71 bits per heavy atom. The van der Waals surface area contributed by atoms with Crippen molar-refractivity contribution in [3.8, 4) is 5.75 Å². The van der Waals surface area contributed by atoms with Crippen LogP contribution >= 0.6 is 0 Å². The largest absolute Gasteiger partial charge is 0.508 e. The molecule has 1 aromatic heterocycles. The molecule has 1 atom stereocenters. The number of phenolic OH excluding ortho intramolecular Hbond substituents is 1. The van der Waals surface area contributed by atoms with Crippen LogP contribution in [0.4, 0.5) is 14.6 Å². The van der Waals surface area contributed by atoms with E-state index in [1.54, 1.807) is 36.4 Å². The van der Waals surface area contributed by atoms with Gasteiger partial charge >= 0.3 is 0 Å². The molecule has 3 amide bonds. The second kappa shape index (κ2) is 17.2. The number of hydrogen-bond donors (Lipinski definition) is 2. The average Bonchev–Trinajstić information content (AvgIpc) is 3.51. The van der Waals surface area contributed by atoms with Crippen LogP contribution in [0.5, 0.6) is 5.75 Å². The smallest absolute Gasteiger partial charge is 0.281 e. The minimum Gasteiger partial charge on any atom is -0.508 e. The summed E-state index contributed by atoms with van der Waals surface area (Å²) in [5.74, 6) is -3.11. The van der Waals surface area contributed by atoms with Crippen LogP contribution < -0.4 is 10.2 Å². The monoisotopic (exact) mass is 751 g/mol. The van der Waals surface area contributed by atoms with E-state index >= 15 is 0 Å². The first-order valence-electron chi connectivity index (χ1n) is 18.7. The fourth-order valence-electron chi connectivity index (χ4n) is 7.30. The molecule has 0 bridgehead atoms. The number of nitrogens with one attached hydrogen (secondary N) is 1. The van der Waals surface area contributed by atoms with Crippen LogP contribution in [0.2, 0.25) is 0 Å². The van der Waals surface area contributed by atoms with Crippen molar-refractivity contribution in [3.05, 3.63) is 126 Å². The quantitative estimate of drug-likeness (QED) is 0.0759. The van der Waals surface area contributed by atoms with Crippen LogP contribution in [-0.4, -0.2) is 88.9 Å². The SMILES string of the molecule is C=C(/C=C\C(=C)/C(=C(/CC)c1ccccc1)c1ccc(O)cc1)OCC(F)(F)CCCN1CCN(c2ccc3c(n2)CN(C2CCC(=O)NC2=O)C3=O)CC1. The summed E-state index contributed by atoms with van der Waals surface area (Å²) in [4.78, 5) is 47.4. The second-order valence-electron chi connectivity index (χ2n) is 14.1. The fraction of sp³-hybridized carbons (Fsp3) is 0.349. The number of piperidine rings is 1. The van der Waals surface area contributed by atoms with E-state index in [-0.39, 0.29) is 42.7 Å². The number of halogens is 2. The predicted octanol–water partition coefficient (Wildman–Crippen LogP) is 6.75. The standard InChI is InChI=1S/C43H47F2N5O5/c1-4-34(31-9-6-5-7-10-31)40(32-13-15-33(51)16-14-32)29(2)11-12-30(3)55-28-43(44,45)21-8-22-48-23-25-49(26-24-48)38-19-17-35-36(46-38)27-50(42(35)54)37-18-20-39(52)47-41(37)53/h5-7,9-17,19,37,51H,2-4,8,18,20-28H2,1H3,(H,47,52,53)/b12-11-,40-34+. The summed E-state index contributed by atoms with van der Waals surface area (Å²) in [6.45, 7) is 12.8. The van der Waals surface area contributed by atoms with Crippen molar-refractivity contribution in [1.29, 1.82) is 0 Å². The molecule has 2 saturated heterocycles. The Morgan fingerprint density at radius 3 is 2.40 bits per heavy atom. The third-order valence-corrected chi connectivity index (χ3v) is 10.3. The van der Waals surface area contributed by atoms with Gasteiger partial charge in [-0.05, 0) is 84.0 Å². The summed E-state index contributed by atoms with van der Waals surface area (Å²) in [5, 5.41) is 12.2. The number of pyridine rings is 1. The molecule has 0 radical (unpaired) electrons. The Balaban J connectivity index is 0.955. The van der Waals surface area contributed by atoms with Crippen molar-refractivity contribution < 1.29 is 33.0 Å². The molecule has 2 aromatic carbocycles. The molecule has 0 saturated carbocycles. The van der Waals surface area contributed by atoms with Crippen molar-refractivity contribution in [3.63, 3.8) is 0 Å². The lowest BCUT2D eigenvalue weighted by molar-refractivity contribution is -0.136. The van der Waals surface area contributed by atoms with Gasteiger partial charge in [0.15, 0.2) is 6.61 Å². The number of benzene rings is 2. The van der Waals surface area contributed by atoms with Crippen molar-refractivity contribution in [2.75, 3.05) is 44.2 Å². The fourth-order valence-corrected chi connectivity index (χ4v) is 7.30. The maximum absolute atomic E-state index is 14.9. The first-order valence-corrected chi connectivity index (χ1v) is 18.7. The van der Waals surface area contributed by atoms with Crippen LogP contribution in [0.3, 0.4) is 0 Å². The number of amides is 3. The number of hydrogen-bond acceptors (Lipinski definition) is 8. The molecule has 55 heavy (non-hydrogen) atoms. The Morgan fingerprint density at radius 1 is 0.982 bits per heavy atom. The van der Waals surface area contributed by atoms with Crippen LogP contribution in [-0.2, 0) is 20.9 Å². The number of alkyl halides is 2. The summed E-state index contributed by atoms with van der Waals surface area (Å²) >= 11 is 0. The van der Waals surface area contributed by atoms with Gasteiger partial charge in [-0.15, -0.1) is 0 Å². The van der Waals surface area contributed by atoms with Crippen molar-refractivity contribution in [1.82, 2.24) is 20.1 Å². The maximum Gasteiger partial charge on any atom is 0.281 e. The molecule has 3 aliphatic heterocycles. The van der Waals surface area contributed by atoms with Crippen molar-refractivity contribution in [2.24, 2.45) is 0 Å². The van der Waals surface area contributed by atoms with E-state index in [2.05, 4.69) is 35.2 Å². The van der Waals surface area contributed by atoms with E-state index in [1.165, 1.54) is 4.90 Å². The minimum absolute atomic E-state index is 0.105. The number of carbonyl (C=O) groups is 3. The van der Waals surface area contributed by atoms with Crippen LogP contribution in [0, 0.1) is 0 Å². The number of fused-ring (bicyclic) bond motifs is 1. The number of ether oxygens (including phenoxy) is 1. The van der Waals surface area contributed by atoms with Crippen molar-refractivity contribution in [2.45, 2.75) is 57.5 Å².